The molecule has 0 aliphatic heterocycles. The standard InChI is InChI=1S/C12H21N3O/c1-9(2)12(8-16-4)15-11-5-10(13-3)6-14-7-11/h5-7,9,12-13,15H,8H2,1-4H3. The van der Waals surface area contributed by atoms with Crippen LogP contribution in [0.15, 0.2) is 18.5 Å². The van der Waals surface area contributed by atoms with Crippen molar-refractivity contribution in [2.45, 2.75) is 19.9 Å². The van der Waals surface area contributed by atoms with Crippen LogP contribution >= 0.6 is 0 Å². The van der Waals surface area contributed by atoms with Crippen molar-refractivity contribution in [2.75, 3.05) is 31.4 Å². The first-order valence-electron chi connectivity index (χ1n) is 5.55. The van der Waals surface area contributed by atoms with Crippen LogP contribution in [-0.2, 0) is 4.74 Å². The maximum absolute atomic E-state index is 5.20. The molecule has 1 rings (SSSR count). The first kappa shape index (κ1) is 12.8. The summed E-state index contributed by atoms with van der Waals surface area (Å²) in [6, 6.07) is 2.34. The van der Waals surface area contributed by atoms with E-state index in [0.29, 0.717) is 18.6 Å². The van der Waals surface area contributed by atoms with Crippen molar-refractivity contribution in [1.29, 1.82) is 0 Å². The molecule has 0 saturated carbocycles. The van der Waals surface area contributed by atoms with Gasteiger partial charge in [0.25, 0.3) is 0 Å². The van der Waals surface area contributed by atoms with Gasteiger partial charge in [-0.15, -0.1) is 0 Å². The lowest BCUT2D eigenvalue weighted by Crippen LogP contribution is -2.30. The van der Waals surface area contributed by atoms with Crippen LogP contribution in [0.2, 0.25) is 0 Å². The number of rotatable bonds is 6. The highest BCUT2D eigenvalue weighted by Crippen LogP contribution is 2.15. The van der Waals surface area contributed by atoms with Gasteiger partial charge in [0.1, 0.15) is 0 Å². The summed E-state index contributed by atoms with van der Waals surface area (Å²) in [6.07, 6.45) is 3.62. The van der Waals surface area contributed by atoms with E-state index in [2.05, 4.69) is 29.5 Å². The Bertz CT molecular complexity index is 315. The third-order valence-corrected chi connectivity index (χ3v) is 2.53. The number of hydrogen-bond donors (Lipinski definition) is 2. The fourth-order valence-corrected chi connectivity index (χ4v) is 1.45. The molecular formula is C12H21N3O. The van der Waals surface area contributed by atoms with Crippen molar-refractivity contribution in [1.82, 2.24) is 4.98 Å². The van der Waals surface area contributed by atoms with Crippen LogP contribution in [0.4, 0.5) is 11.4 Å². The molecule has 1 aromatic rings. The van der Waals surface area contributed by atoms with Crippen LogP contribution in [-0.4, -0.2) is 31.8 Å². The lowest BCUT2D eigenvalue weighted by molar-refractivity contribution is 0.171. The third-order valence-electron chi connectivity index (χ3n) is 2.53. The average molecular weight is 223 g/mol. The minimum Gasteiger partial charge on any atom is -0.387 e. The summed E-state index contributed by atoms with van der Waals surface area (Å²) in [6.45, 7) is 5.04. The van der Waals surface area contributed by atoms with Crippen LogP contribution in [0.1, 0.15) is 13.8 Å². The van der Waals surface area contributed by atoms with Crippen molar-refractivity contribution >= 4 is 11.4 Å². The Hall–Kier alpha value is -1.29. The number of ether oxygens (including phenoxy) is 1. The van der Waals surface area contributed by atoms with E-state index in [4.69, 9.17) is 4.74 Å². The molecule has 4 nitrogen and oxygen atoms in total. The minimum absolute atomic E-state index is 0.305. The summed E-state index contributed by atoms with van der Waals surface area (Å²) in [7, 11) is 3.61. The van der Waals surface area contributed by atoms with Crippen molar-refractivity contribution in [3.05, 3.63) is 18.5 Å². The zero-order valence-electron chi connectivity index (χ0n) is 10.4. The molecule has 1 atom stereocenters. The molecule has 1 unspecified atom stereocenters. The summed E-state index contributed by atoms with van der Waals surface area (Å²) in [5.74, 6) is 0.512. The molecule has 16 heavy (non-hydrogen) atoms. The monoisotopic (exact) mass is 223 g/mol. The SMILES string of the molecule is CNc1cncc(NC(COC)C(C)C)c1. The lowest BCUT2D eigenvalue weighted by Gasteiger charge is -2.22. The van der Waals surface area contributed by atoms with Crippen molar-refractivity contribution in [2.24, 2.45) is 5.92 Å². The Balaban J connectivity index is 2.68. The van der Waals surface area contributed by atoms with Crippen molar-refractivity contribution in [3.8, 4) is 0 Å². The second-order valence-electron chi connectivity index (χ2n) is 4.16. The highest BCUT2D eigenvalue weighted by molar-refractivity contribution is 5.54. The van der Waals surface area contributed by atoms with Gasteiger partial charge in [0.2, 0.25) is 0 Å². The normalized spacial score (nSPS) is 12.6. The van der Waals surface area contributed by atoms with Crippen molar-refractivity contribution < 1.29 is 4.74 Å². The van der Waals surface area contributed by atoms with Gasteiger partial charge in [-0.05, 0) is 12.0 Å². The summed E-state index contributed by atoms with van der Waals surface area (Å²) in [4.78, 5) is 4.16. The molecule has 90 valence electrons. The van der Waals surface area contributed by atoms with Gasteiger partial charge in [-0.25, -0.2) is 0 Å². The molecule has 0 bridgehead atoms. The third kappa shape index (κ3) is 3.70. The van der Waals surface area contributed by atoms with E-state index in [9.17, 15) is 0 Å². The van der Waals surface area contributed by atoms with Crippen LogP contribution < -0.4 is 10.6 Å². The first-order valence-corrected chi connectivity index (χ1v) is 5.55. The van der Waals surface area contributed by atoms with Crippen molar-refractivity contribution in [3.63, 3.8) is 0 Å². The molecule has 0 radical (unpaired) electrons. The second-order valence-corrected chi connectivity index (χ2v) is 4.16. The molecule has 0 fully saturated rings. The van der Waals surface area contributed by atoms with Gasteiger partial charge in [-0.3, -0.25) is 4.98 Å². The van der Waals surface area contributed by atoms with Gasteiger partial charge in [0.05, 0.1) is 36.4 Å². The van der Waals surface area contributed by atoms with Gasteiger partial charge >= 0.3 is 0 Å². The zero-order chi connectivity index (χ0) is 12.0. The number of methoxy groups -OCH3 is 1. The number of aromatic nitrogens is 1. The van der Waals surface area contributed by atoms with Crippen LogP contribution in [0.3, 0.4) is 0 Å². The zero-order valence-corrected chi connectivity index (χ0v) is 10.4. The second kappa shape index (κ2) is 6.33. The Labute approximate surface area is 97.4 Å². The highest BCUT2D eigenvalue weighted by Gasteiger charge is 2.12. The average Bonchev–Trinajstić information content (AvgIpc) is 2.28. The summed E-state index contributed by atoms with van der Waals surface area (Å²) < 4.78 is 5.20. The molecule has 0 aliphatic rings. The Morgan fingerprint density at radius 1 is 1.31 bits per heavy atom. The molecule has 0 saturated heterocycles. The van der Waals surface area contributed by atoms with Crippen LogP contribution in [0.5, 0.6) is 0 Å². The van der Waals surface area contributed by atoms with E-state index in [1.54, 1.807) is 13.3 Å². The van der Waals surface area contributed by atoms with Crippen LogP contribution in [0.25, 0.3) is 0 Å². The fraction of sp³-hybridized carbons (Fsp3) is 0.583. The van der Waals surface area contributed by atoms with Gasteiger partial charge in [-0.1, -0.05) is 13.8 Å². The summed E-state index contributed by atoms with van der Waals surface area (Å²) >= 11 is 0. The molecule has 1 aromatic heterocycles. The summed E-state index contributed by atoms with van der Waals surface area (Å²) in [5, 5.41) is 6.49. The molecule has 0 aliphatic carbocycles. The number of hydrogen-bond acceptors (Lipinski definition) is 4. The minimum atomic E-state index is 0.305. The van der Waals surface area contributed by atoms with E-state index >= 15 is 0 Å². The fourth-order valence-electron chi connectivity index (χ4n) is 1.45. The van der Waals surface area contributed by atoms with E-state index in [1.807, 2.05) is 19.3 Å². The van der Waals surface area contributed by atoms with E-state index in [0.717, 1.165) is 11.4 Å². The predicted molar refractivity (Wildman–Crippen MR) is 67.9 cm³/mol. The molecule has 0 amide bonds. The number of anilines is 2. The quantitative estimate of drug-likeness (QED) is 0.776. The predicted octanol–water partition coefficient (Wildman–Crippen LogP) is 2.21. The molecule has 2 N–H and O–H groups in total. The number of nitrogens with zero attached hydrogens (tertiary/aromatic N) is 1. The van der Waals surface area contributed by atoms with Crippen LogP contribution in [0, 0.1) is 5.92 Å². The van der Waals surface area contributed by atoms with Gasteiger partial charge in [-0.2, -0.15) is 0 Å². The van der Waals surface area contributed by atoms with Gasteiger partial charge < -0.3 is 15.4 Å². The van der Waals surface area contributed by atoms with Gasteiger partial charge in [0, 0.05) is 14.2 Å². The summed E-state index contributed by atoms with van der Waals surface area (Å²) in [5.41, 5.74) is 2.02. The Kier molecular flexibility index (Phi) is 5.05. The topological polar surface area (TPSA) is 46.2 Å². The Morgan fingerprint density at radius 2 is 2.00 bits per heavy atom. The maximum atomic E-state index is 5.20. The number of pyridine rings is 1. The first-order chi connectivity index (χ1) is 7.67. The number of nitrogens with one attached hydrogen (secondary N) is 2. The largest absolute Gasteiger partial charge is 0.387 e. The van der Waals surface area contributed by atoms with E-state index in [1.165, 1.54) is 0 Å². The molecule has 4 heteroatoms. The Morgan fingerprint density at radius 3 is 2.56 bits per heavy atom. The smallest absolute Gasteiger partial charge is 0.0666 e. The molecule has 0 aromatic carbocycles. The lowest BCUT2D eigenvalue weighted by atomic mass is 10.1. The maximum Gasteiger partial charge on any atom is 0.0666 e. The molecule has 1 heterocycles. The van der Waals surface area contributed by atoms with E-state index in [-0.39, 0.29) is 0 Å². The van der Waals surface area contributed by atoms with E-state index < -0.39 is 0 Å². The molecule has 0 spiro atoms. The highest BCUT2D eigenvalue weighted by atomic mass is 16.5. The van der Waals surface area contributed by atoms with Gasteiger partial charge in [0.15, 0.2) is 0 Å². The molecular weight excluding hydrogens is 202 g/mol.